The molecule has 1 aliphatic heterocycles. The number of likely N-dealkylation sites (tertiary alicyclic amines) is 1. The van der Waals surface area contributed by atoms with Gasteiger partial charge in [0.05, 0.1) is 5.52 Å². The average Bonchev–Trinajstić information content (AvgIpc) is 3.20. The van der Waals surface area contributed by atoms with Crippen LogP contribution in [-0.4, -0.2) is 31.4 Å². The molecule has 1 fully saturated rings. The van der Waals surface area contributed by atoms with Crippen LogP contribution < -0.4 is 4.72 Å². The van der Waals surface area contributed by atoms with Crippen molar-refractivity contribution in [2.75, 3.05) is 13.1 Å². The molecule has 0 radical (unpaired) electrons. The van der Waals surface area contributed by atoms with Crippen molar-refractivity contribution in [3.63, 3.8) is 0 Å². The number of hydrogen-bond acceptors (Lipinski definition) is 4. The second kappa shape index (κ2) is 7.99. The fraction of sp³-hybridized carbons (Fsp3) is 0.318. The van der Waals surface area contributed by atoms with E-state index in [-0.39, 0.29) is 11.4 Å². The van der Waals surface area contributed by atoms with Gasteiger partial charge in [-0.1, -0.05) is 36.4 Å². The quantitative estimate of drug-likeness (QED) is 0.692. The van der Waals surface area contributed by atoms with E-state index < -0.39 is 10.0 Å². The molecule has 3 aromatic rings. The van der Waals surface area contributed by atoms with Gasteiger partial charge in [0.2, 0.25) is 10.0 Å². The van der Waals surface area contributed by atoms with E-state index in [0.717, 1.165) is 36.1 Å². The number of fused-ring (bicyclic) bond motifs is 1. The molecule has 1 aliphatic rings. The third kappa shape index (κ3) is 4.09. The van der Waals surface area contributed by atoms with Gasteiger partial charge in [0.15, 0.2) is 0 Å². The van der Waals surface area contributed by atoms with Gasteiger partial charge in [0, 0.05) is 24.7 Å². The van der Waals surface area contributed by atoms with Crippen LogP contribution in [0.3, 0.4) is 0 Å². The molecule has 28 heavy (non-hydrogen) atoms. The van der Waals surface area contributed by atoms with Crippen molar-refractivity contribution in [1.29, 1.82) is 0 Å². The Hall–Kier alpha value is -2.28. The first-order valence-electron chi connectivity index (χ1n) is 9.67. The molecule has 0 spiro atoms. The lowest BCUT2D eigenvalue weighted by Crippen LogP contribution is -2.25. The van der Waals surface area contributed by atoms with Crippen molar-refractivity contribution in [1.82, 2.24) is 14.6 Å². The molecule has 2 heterocycles. The first-order chi connectivity index (χ1) is 13.5. The van der Waals surface area contributed by atoms with Crippen LogP contribution in [0.5, 0.6) is 0 Å². The largest absolute Gasteiger partial charge is 0.299 e. The molecular weight excluding hydrogens is 370 g/mol. The molecule has 146 valence electrons. The normalized spacial score (nSPS) is 15.3. The Morgan fingerprint density at radius 1 is 1.04 bits per heavy atom. The molecule has 6 heteroatoms. The van der Waals surface area contributed by atoms with Crippen molar-refractivity contribution >= 4 is 20.9 Å². The molecule has 1 aromatic heterocycles. The van der Waals surface area contributed by atoms with Crippen molar-refractivity contribution in [2.45, 2.75) is 37.8 Å². The van der Waals surface area contributed by atoms with Crippen molar-refractivity contribution in [3.8, 4) is 0 Å². The molecule has 0 saturated carbocycles. The van der Waals surface area contributed by atoms with Crippen LogP contribution in [0.1, 0.15) is 29.5 Å². The lowest BCUT2D eigenvalue weighted by atomic mass is 10.1. The van der Waals surface area contributed by atoms with Crippen molar-refractivity contribution in [2.24, 2.45) is 0 Å². The maximum Gasteiger partial charge on any atom is 0.243 e. The summed E-state index contributed by atoms with van der Waals surface area (Å²) in [7, 11) is -3.67. The number of aryl methyl sites for hydroxylation is 1. The molecule has 0 bridgehead atoms. The topological polar surface area (TPSA) is 62.3 Å². The first-order valence-corrected chi connectivity index (χ1v) is 11.2. The maximum absolute atomic E-state index is 13.0. The van der Waals surface area contributed by atoms with Gasteiger partial charge >= 0.3 is 0 Å². The van der Waals surface area contributed by atoms with E-state index in [0.29, 0.717) is 5.52 Å². The number of benzene rings is 2. The highest BCUT2D eigenvalue weighted by molar-refractivity contribution is 7.89. The SMILES string of the molecule is Cc1cnc2c(S(=O)(=O)NCc3ccccc3CN3CCCC3)cccc2c1. The summed E-state index contributed by atoms with van der Waals surface area (Å²) >= 11 is 0. The third-order valence-corrected chi connectivity index (χ3v) is 6.70. The van der Waals surface area contributed by atoms with E-state index in [1.165, 1.54) is 18.4 Å². The molecule has 0 aliphatic carbocycles. The van der Waals surface area contributed by atoms with E-state index in [1.54, 1.807) is 18.3 Å². The molecular formula is C22H25N3O2S. The maximum atomic E-state index is 13.0. The van der Waals surface area contributed by atoms with E-state index in [4.69, 9.17) is 0 Å². The number of pyridine rings is 1. The zero-order valence-electron chi connectivity index (χ0n) is 16.1. The highest BCUT2D eigenvalue weighted by Crippen LogP contribution is 2.22. The fourth-order valence-electron chi connectivity index (χ4n) is 3.78. The van der Waals surface area contributed by atoms with Crippen molar-refractivity contribution < 1.29 is 8.42 Å². The molecule has 1 N–H and O–H groups in total. The Labute approximate surface area is 166 Å². The smallest absolute Gasteiger partial charge is 0.243 e. The summed E-state index contributed by atoms with van der Waals surface area (Å²) in [5, 5.41) is 0.831. The summed E-state index contributed by atoms with van der Waals surface area (Å²) in [4.78, 5) is 7.01. The number of rotatable bonds is 6. The second-order valence-electron chi connectivity index (χ2n) is 7.42. The second-order valence-corrected chi connectivity index (χ2v) is 9.15. The van der Waals surface area contributed by atoms with Crippen LogP contribution in [0.15, 0.2) is 59.6 Å². The highest BCUT2D eigenvalue weighted by Gasteiger charge is 2.19. The average molecular weight is 396 g/mol. The molecule has 5 nitrogen and oxygen atoms in total. The number of para-hydroxylation sites is 1. The summed E-state index contributed by atoms with van der Waals surface area (Å²) < 4.78 is 28.8. The van der Waals surface area contributed by atoms with Gasteiger partial charge in [-0.25, -0.2) is 13.1 Å². The Balaban J connectivity index is 1.57. The number of nitrogens with zero attached hydrogens (tertiary/aromatic N) is 2. The summed E-state index contributed by atoms with van der Waals surface area (Å²) in [5.74, 6) is 0. The Kier molecular flexibility index (Phi) is 5.44. The Morgan fingerprint density at radius 2 is 1.79 bits per heavy atom. The zero-order valence-corrected chi connectivity index (χ0v) is 16.9. The van der Waals surface area contributed by atoms with Gasteiger partial charge in [-0.3, -0.25) is 9.88 Å². The lowest BCUT2D eigenvalue weighted by Gasteiger charge is -2.18. The van der Waals surface area contributed by atoms with Crippen LogP contribution in [0.2, 0.25) is 0 Å². The number of hydrogen-bond donors (Lipinski definition) is 1. The predicted octanol–water partition coefficient (Wildman–Crippen LogP) is 3.62. The number of aromatic nitrogens is 1. The Bertz CT molecular complexity index is 1090. The van der Waals surface area contributed by atoms with Crippen LogP contribution in [0.25, 0.3) is 10.9 Å². The highest BCUT2D eigenvalue weighted by atomic mass is 32.2. The summed E-state index contributed by atoms with van der Waals surface area (Å²) in [6.07, 6.45) is 4.18. The third-order valence-electron chi connectivity index (χ3n) is 5.26. The van der Waals surface area contributed by atoms with E-state index >= 15 is 0 Å². The van der Waals surface area contributed by atoms with Gasteiger partial charge in [0.1, 0.15) is 4.90 Å². The van der Waals surface area contributed by atoms with Gasteiger partial charge in [-0.15, -0.1) is 0 Å². The van der Waals surface area contributed by atoms with E-state index in [9.17, 15) is 8.42 Å². The van der Waals surface area contributed by atoms with Gasteiger partial charge in [0.25, 0.3) is 0 Å². The van der Waals surface area contributed by atoms with Crippen LogP contribution in [-0.2, 0) is 23.1 Å². The summed E-state index contributed by atoms with van der Waals surface area (Å²) in [6.45, 7) is 5.31. The summed E-state index contributed by atoms with van der Waals surface area (Å²) in [6, 6.07) is 15.3. The predicted molar refractivity (Wildman–Crippen MR) is 111 cm³/mol. The Morgan fingerprint density at radius 3 is 2.57 bits per heavy atom. The fourth-order valence-corrected chi connectivity index (χ4v) is 4.96. The van der Waals surface area contributed by atoms with Crippen molar-refractivity contribution in [3.05, 3.63) is 71.4 Å². The molecule has 0 amide bonds. The number of sulfonamides is 1. The molecule has 1 saturated heterocycles. The van der Waals surface area contributed by atoms with Crippen LogP contribution in [0.4, 0.5) is 0 Å². The standard InChI is InChI=1S/C22H25N3O2S/c1-17-13-18-9-6-10-21(22(18)23-14-17)28(26,27)24-15-19-7-2-3-8-20(19)16-25-11-4-5-12-25/h2-3,6-10,13-14,24H,4-5,11-12,15-16H2,1H3. The molecule has 0 unspecified atom stereocenters. The first kappa shape index (κ1) is 19.1. The van der Waals surface area contributed by atoms with Crippen LogP contribution >= 0.6 is 0 Å². The summed E-state index contributed by atoms with van der Waals surface area (Å²) in [5.41, 5.74) is 3.71. The minimum Gasteiger partial charge on any atom is -0.299 e. The monoisotopic (exact) mass is 395 g/mol. The molecule has 2 aromatic carbocycles. The lowest BCUT2D eigenvalue weighted by molar-refractivity contribution is 0.330. The molecule has 0 atom stereocenters. The van der Waals surface area contributed by atoms with Gasteiger partial charge in [-0.2, -0.15) is 0 Å². The minimum atomic E-state index is -3.67. The zero-order chi connectivity index (χ0) is 19.6. The van der Waals surface area contributed by atoms with Crippen LogP contribution in [0, 0.1) is 6.92 Å². The number of nitrogens with one attached hydrogen (secondary N) is 1. The van der Waals surface area contributed by atoms with E-state index in [2.05, 4.69) is 20.7 Å². The van der Waals surface area contributed by atoms with E-state index in [1.807, 2.05) is 37.3 Å². The molecule has 4 rings (SSSR count). The minimum absolute atomic E-state index is 0.224. The van der Waals surface area contributed by atoms with Gasteiger partial charge in [-0.05, 0) is 61.7 Å². The van der Waals surface area contributed by atoms with Gasteiger partial charge < -0.3 is 0 Å².